The van der Waals surface area contributed by atoms with E-state index >= 15 is 0 Å². The number of aryl methyl sites for hydroxylation is 1. The number of hydrogen-bond donors (Lipinski definition) is 2. The van der Waals surface area contributed by atoms with Crippen molar-refractivity contribution in [2.45, 2.75) is 26.7 Å². The Morgan fingerprint density at radius 1 is 1.42 bits per heavy atom. The topological polar surface area (TPSA) is 66.4 Å². The Balaban J connectivity index is 2.44. The fraction of sp³-hybridized carbons (Fsp3) is 0.429. The molecule has 0 bridgehead atoms. The van der Waals surface area contributed by atoms with Crippen LogP contribution in [0.3, 0.4) is 0 Å². The van der Waals surface area contributed by atoms with Gasteiger partial charge >= 0.3 is 5.97 Å². The Hall–Kier alpha value is -1.11. The summed E-state index contributed by atoms with van der Waals surface area (Å²) in [6, 6.07) is 5.62. The van der Waals surface area contributed by atoms with Crippen LogP contribution in [0.15, 0.2) is 18.2 Å². The number of aliphatic carboxylic acids is 1. The van der Waals surface area contributed by atoms with Gasteiger partial charge in [0.05, 0.1) is 11.5 Å². The summed E-state index contributed by atoms with van der Waals surface area (Å²) in [5.74, 6) is -1.26. The summed E-state index contributed by atoms with van der Waals surface area (Å²) in [5.41, 5.74) is 1.75. The summed E-state index contributed by atoms with van der Waals surface area (Å²) in [5, 5.41) is 11.6. The van der Waals surface area contributed by atoms with E-state index < -0.39 is 5.97 Å². The van der Waals surface area contributed by atoms with Crippen molar-refractivity contribution in [2.24, 2.45) is 5.92 Å². The second-order valence-corrected chi connectivity index (χ2v) is 5.65. The van der Waals surface area contributed by atoms with Crippen LogP contribution in [0.4, 0.5) is 0 Å². The lowest BCUT2D eigenvalue weighted by Gasteiger charge is -2.09. The summed E-state index contributed by atoms with van der Waals surface area (Å²) in [6.45, 7) is 4.14. The number of carboxylic acids is 1. The minimum atomic E-state index is -0.792. The standard InChI is InChI=1S/C14H18INO3/c1-9-5-3-7-11(12(9)15)13(17)16-8-4-6-10(2)14(18)19/h3,5,7,10H,4,6,8H2,1-2H3,(H,16,17)(H,18,19). The van der Waals surface area contributed by atoms with E-state index in [0.717, 1.165) is 9.13 Å². The van der Waals surface area contributed by atoms with Gasteiger partial charge in [-0.2, -0.15) is 0 Å². The number of carbonyl (C=O) groups excluding carboxylic acids is 1. The zero-order valence-corrected chi connectivity index (χ0v) is 13.2. The van der Waals surface area contributed by atoms with E-state index in [4.69, 9.17) is 5.11 Å². The Labute approximate surface area is 126 Å². The fourth-order valence-corrected chi connectivity index (χ4v) is 2.26. The molecule has 0 aromatic heterocycles. The van der Waals surface area contributed by atoms with Gasteiger partial charge in [0.1, 0.15) is 0 Å². The van der Waals surface area contributed by atoms with Gasteiger partial charge in [-0.15, -0.1) is 0 Å². The van der Waals surface area contributed by atoms with Crippen LogP contribution >= 0.6 is 22.6 Å². The zero-order chi connectivity index (χ0) is 14.4. The highest BCUT2D eigenvalue weighted by atomic mass is 127. The molecule has 1 atom stereocenters. The highest BCUT2D eigenvalue weighted by molar-refractivity contribution is 14.1. The smallest absolute Gasteiger partial charge is 0.306 e. The van der Waals surface area contributed by atoms with Gasteiger partial charge in [-0.1, -0.05) is 19.1 Å². The lowest BCUT2D eigenvalue weighted by Crippen LogP contribution is -2.26. The predicted molar refractivity (Wildman–Crippen MR) is 82.3 cm³/mol. The van der Waals surface area contributed by atoms with E-state index in [2.05, 4.69) is 27.9 Å². The first-order chi connectivity index (χ1) is 8.93. The van der Waals surface area contributed by atoms with Crippen LogP contribution in [0.5, 0.6) is 0 Å². The number of benzene rings is 1. The molecule has 1 rings (SSSR count). The molecule has 0 aliphatic carbocycles. The van der Waals surface area contributed by atoms with Gasteiger partial charge in [0.15, 0.2) is 0 Å². The Morgan fingerprint density at radius 3 is 2.74 bits per heavy atom. The molecule has 4 nitrogen and oxygen atoms in total. The molecule has 1 aromatic rings. The molecule has 1 aromatic carbocycles. The highest BCUT2D eigenvalue weighted by Gasteiger charge is 2.12. The quantitative estimate of drug-likeness (QED) is 0.594. The molecule has 0 saturated carbocycles. The molecule has 0 radical (unpaired) electrons. The molecular formula is C14H18INO3. The van der Waals surface area contributed by atoms with Crippen molar-refractivity contribution in [3.05, 3.63) is 32.9 Å². The summed E-state index contributed by atoms with van der Waals surface area (Å²) < 4.78 is 0.955. The first-order valence-electron chi connectivity index (χ1n) is 6.19. The number of carboxylic acid groups (broad SMARTS) is 1. The number of hydrogen-bond acceptors (Lipinski definition) is 2. The zero-order valence-electron chi connectivity index (χ0n) is 11.1. The fourth-order valence-electron chi connectivity index (χ4n) is 1.65. The SMILES string of the molecule is Cc1cccc(C(=O)NCCCC(C)C(=O)O)c1I. The minimum absolute atomic E-state index is 0.101. The van der Waals surface area contributed by atoms with E-state index in [9.17, 15) is 9.59 Å². The van der Waals surface area contributed by atoms with Crippen LogP contribution < -0.4 is 5.32 Å². The molecule has 0 aliphatic rings. The van der Waals surface area contributed by atoms with E-state index in [1.165, 1.54) is 0 Å². The molecule has 2 N–H and O–H groups in total. The molecule has 0 saturated heterocycles. The summed E-state index contributed by atoms with van der Waals surface area (Å²) in [7, 11) is 0. The van der Waals surface area contributed by atoms with Crippen LogP contribution in [0.25, 0.3) is 0 Å². The van der Waals surface area contributed by atoms with Gasteiger partial charge in [0.25, 0.3) is 5.91 Å². The van der Waals surface area contributed by atoms with Crippen molar-refractivity contribution in [1.29, 1.82) is 0 Å². The van der Waals surface area contributed by atoms with Crippen LogP contribution in [0.2, 0.25) is 0 Å². The van der Waals surface area contributed by atoms with Gasteiger partial charge in [-0.3, -0.25) is 9.59 Å². The lowest BCUT2D eigenvalue weighted by atomic mass is 10.1. The maximum Gasteiger partial charge on any atom is 0.306 e. The number of nitrogens with one attached hydrogen (secondary N) is 1. The molecule has 19 heavy (non-hydrogen) atoms. The van der Waals surface area contributed by atoms with Crippen LogP contribution in [-0.2, 0) is 4.79 Å². The minimum Gasteiger partial charge on any atom is -0.481 e. The van der Waals surface area contributed by atoms with Crippen molar-refractivity contribution in [2.75, 3.05) is 6.54 Å². The van der Waals surface area contributed by atoms with Gasteiger partial charge in [0, 0.05) is 10.1 Å². The van der Waals surface area contributed by atoms with Gasteiger partial charge < -0.3 is 10.4 Å². The Bertz CT molecular complexity index is 474. The average Bonchev–Trinajstić information content (AvgIpc) is 2.37. The summed E-state index contributed by atoms with van der Waals surface area (Å²) >= 11 is 2.16. The van der Waals surface area contributed by atoms with Crippen molar-refractivity contribution in [3.8, 4) is 0 Å². The first-order valence-corrected chi connectivity index (χ1v) is 7.27. The molecule has 0 heterocycles. The molecule has 104 valence electrons. The molecule has 1 amide bonds. The Morgan fingerprint density at radius 2 is 2.11 bits per heavy atom. The molecule has 0 fully saturated rings. The number of rotatable bonds is 6. The normalized spacial score (nSPS) is 11.9. The van der Waals surface area contributed by atoms with Crippen molar-refractivity contribution < 1.29 is 14.7 Å². The highest BCUT2D eigenvalue weighted by Crippen LogP contribution is 2.16. The van der Waals surface area contributed by atoms with Gasteiger partial charge in [0.2, 0.25) is 0 Å². The third-order valence-corrected chi connectivity index (χ3v) is 4.39. The van der Waals surface area contributed by atoms with Crippen LogP contribution in [-0.4, -0.2) is 23.5 Å². The van der Waals surface area contributed by atoms with Crippen LogP contribution in [0, 0.1) is 16.4 Å². The van der Waals surface area contributed by atoms with E-state index in [0.29, 0.717) is 24.9 Å². The number of amides is 1. The molecule has 5 heteroatoms. The second-order valence-electron chi connectivity index (χ2n) is 4.57. The van der Waals surface area contributed by atoms with Gasteiger partial charge in [-0.05, 0) is 54.0 Å². The van der Waals surface area contributed by atoms with Crippen molar-refractivity contribution in [3.63, 3.8) is 0 Å². The number of halogens is 1. The molecule has 0 spiro atoms. The summed E-state index contributed by atoms with van der Waals surface area (Å²) in [4.78, 5) is 22.6. The monoisotopic (exact) mass is 375 g/mol. The maximum atomic E-state index is 12.0. The average molecular weight is 375 g/mol. The molecule has 0 aliphatic heterocycles. The largest absolute Gasteiger partial charge is 0.481 e. The lowest BCUT2D eigenvalue weighted by molar-refractivity contribution is -0.141. The van der Waals surface area contributed by atoms with Crippen molar-refractivity contribution >= 4 is 34.5 Å². The maximum absolute atomic E-state index is 12.0. The van der Waals surface area contributed by atoms with Crippen molar-refractivity contribution in [1.82, 2.24) is 5.32 Å². The second kappa shape index (κ2) is 7.47. The summed E-state index contributed by atoms with van der Waals surface area (Å²) in [6.07, 6.45) is 1.24. The molecular weight excluding hydrogens is 357 g/mol. The van der Waals surface area contributed by atoms with E-state index in [-0.39, 0.29) is 11.8 Å². The Kier molecular flexibility index (Phi) is 6.27. The first kappa shape index (κ1) is 15.9. The van der Waals surface area contributed by atoms with Gasteiger partial charge in [-0.25, -0.2) is 0 Å². The number of carbonyl (C=O) groups is 2. The third-order valence-electron chi connectivity index (χ3n) is 2.96. The van der Waals surface area contributed by atoms with Crippen LogP contribution in [0.1, 0.15) is 35.7 Å². The van der Waals surface area contributed by atoms with E-state index in [1.54, 1.807) is 13.0 Å². The predicted octanol–water partition coefficient (Wildman–Crippen LogP) is 2.83. The molecule has 1 unspecified atom stereocenters. The third kappa shape index (κ3) is 4.81. The van der Waals surface area contributed by atoms with E-state index in [1.807, 2.05) is 19.1 Å².